The summed E-state index contributed by atoms with van der Waals surface area (Å²) in [6.45, 7) is 8.64. The lowest BCUT2D eigenvalue weighted by molar-refractivity contribution is 0.853. The van der Waals surface area contributed by atoms with Crippen LogP contribution in [0.25, 0.3) is 0 Å². The first-order chi connectivity index (χ1) is 4.72. The van der Waals surface area contributed by atoms with E-state index in [1.165, 1.54) is 5.57 Å². The number of hydrogen-bond donors (Lipinski definition) is 0. The average molecular weight is 138 g/mol. The Labute approximate surface area is 64.6 Å². The molecule has 0 amide bonds. The molecular formula is C10H18. The highest BCUT2D eigenvalue weighted by atomic mass is 14.0. The fourth-order valence-corrected chi connectivity index (χ4v) is 0.755. The van der Waals surface area contributed by atoms with Crippen LogP contribution in [-0.2, 0) is 0 Å². The van der Waals surface area contributed by atoms with E-state index in [-0.39, 0.29) is 0 Å². The topological polar surface area (TPSA) is 0 Å². The Morgan fingerprint density at radius 3 is 2.50 bits per heavy atom. The van der Waals surface area contributed by atoms with Crippen molar-refractivity contribution in [3.8, 4) is 0 Å². The third kappa shape index (κ3) is 3.49. The molecule has 0 saturated heterocycles. The van der Waals surface area contributed by atoms with Crippen LogP contribution in [0.3, 0.4) is 0 Å². The minimum Gasteiger partial charge on any atom is -0.0882 e. The first-order valence-corrected chi connectivity index (χ1v) is 4.01. The molecule has 0 spiro atoms. The Morgan fingerprint density at radius 1 is 1.50 bits per heavy atom. The van der Waals surface area contributed by atoms with Crippen molar-refractivity contribution in [3.63, 3.8) is 0 Å². The molecule has 0 aromatic carbocycles. The number of allylic oxidation sites excluding steroid dienone is 4. The third-order valence-corrected chi connectivity index (χ3v) is 1.83. The first kappa shape index (κ1) is 9.48. The molecule has 0 N–H and O–H groups in total. The Kier molecular flexibility index (Phi) is 5.00. The maximum absolute atomic E-state index is 2.26. The summed E-state index contributed by atoms with van der Waals surface area (Å²) in [6.07, 6.45) is 7.79. The maximum atomic E-state index is 2.26. The first-order valence-electron chi connectivity index (χ1n) is 4.01. The summed E-state index contributed by atoms with van der Waals surface area (Å²) in [4.78, 5) is 0. The van der Waals surface area contributed by atoms with E-state index < -0.39 is 0 Å². The van der Waals surface area contributed by atoms with Gasteiger partial charge < -0.3 is 0 Å². The van der Waals surface area contributed by atoms with E-state index in [9.17, 15) is 0 Å². The molecule has 0 aliphatic heterocycles. The normalized spacial score (nSPS) is 16.2. The van der Waals surface area contributed by atoms with Gasteiger partial charge in [-0.25, -0.2) is 0 Å². The van der Waals surface area contributed by atoms with Crippen molar-refractivity contribution < 1.29 is 0 Å². The SMILES string of the molecule is C/C=C(\C)C(C)/C=C/CC. The summed E-state index contributed by atoms with van der Waals surface area (Å²) < 4.78 is 0. The zero-order chi connectivity index (χ0) is 7.98. The molecule has 0 nitrogen and oxygen atoms in total. The summed E-state index contributed by atoms with van der Waals surface area (Å²) in [5, 5.41) is 0. The predicted molar refractivity (Wildman–Crippen MR) is 48.0 cm³/mol. The molecule has 0 heteroatoms. The van der Waals surface area contributed by atoms with Gasteiger partial charge in [-0.3, -0.25) is 0 Å². The van der Waals surface area contributed by atoms with Gasteiger partial charge in [-0.2, -0.15) is 0 Å². The largest absolute Gasteiger partial charge is 0.0882 e. The van der Waals surface area contributed by atoms with E-state index in [0.29, 0.717) is 5.92 Å². The number of rotatable bonds is 3. The smallest absolute Gasteiger partial charge is 0.00545 e. The van der Waals surface area contributed by atoms with Crippen molar-refractivity contribution in [2.24, 2.45) is 5.92 Å². The highest BCUT2D eigenvalue weighted by Crippen LogP contribution is 2.10. The molecule has 0 aliphatic rings. The molecule has 0 heterocycles. The fraction of sp³-hybridized carbons (Fsp3) is 0.600. The quantitative estimate of drug-likeness (QED) is 0.523. The van der Waals surface area contributed by atoms with Crippen molar-refractivity contribution in [2.75, 3.05) is 0 Å². The highest BCUT2D eigenvalue weighted by Gasteiger charge is 1.95. The second-order valence-corrected chi connectivity index (χ2v) is 2.66. The molecule has 0 aromatic heterocycles. The van der Waals surface area contributed by atoms with Gasteiger partial charge in [-0.1, -0.05) is 37.6 Å². The van der Waals surface area contributed by atoms with Gasteiger partial charge in [0.25, 0.3) is 0 Å². The average Bonchev–Trinajstić information content (AvgIpc) is 1.98. The Morgan fingerprint density at radius 2 is 2.10 bits per heavy atom. The van der Waals surface area contributed by atoms with Gasteiger partial charge in [0.15, 0.2) is 0 Å². The second kappa shape index (κ2) is 5.28. The minimum atomic E-state index is 0.616. The Bertz CT molecular complexity index is 129. The Balaban J connectivity index is 3.84. The van der Waals surface area contributed by atoms with Crippen molar-refractivity contribution in [3.05, 3.63) is 23.8 Å². The van der Waals surface area contributed by atoms with Gasteiger partial charge in [0.2, 0.25) is 0 Å². The lowest BCUT2D eigenvalue weighted by atomic mass is 10.0. The molecule has 0 radical (unpaired) electrons. The molecule has 0 rings (SSSR count). The lowest BCUT2D eigenvalue weighted by Gasteiger charge is -2.04. The van der Waals surface area contributed by atoms with Crippen LogP contribution in [0.5, 0.6) is 0 Å². The van der Waals surface area contributed by atoms with Crippen molar-refractivity contribution in [1.29, 1.82) is 0 Å². The molecule has 0 fully saturated rings. The van der Waals surface area contributed by atoms with E-state index in [1.54, 1.807) is 0 Å². The van der Waals surface area contributed by atoms with Crippen LogP contribution in [-0.4, -0.2) is 0 Å². The van der Waals surface area contributed by atoms with E-state index in [0.717, 1.165) is 6.42 Å². The van der Waals surface area contributed by atoms with E-state index in [2.05, 4.69) is 45.9 Å². The molecule has 58 valence electrons. The summed E-state index contributed by atoms with van der Waals surface area (Å²) in [7, 11) is 0. The van der Waals surface area contributed by atoms with Gasteiger partial charge >= 0.3 is 0 Å². The van der Waals surface area contributed by atoms with Crippen LogP contribution in [0.15, 0.2) is 23.8 Å². The standard InChI is InChI=1S/C10H18/c1-5-7-8-10(4)9(3)6-2/h6-8,10H,5H2,1-4H3/b8-7+,9-6+. The molecule has 0 aromatic rings. The zero-order valence-electron chi connectivity index (χ0n) is 7.52. The fourth-order valence-electron chi connectivity index (χ4n) is 0.755. The van der Waals surface area contributed by atoms with Crippen LogP contribution >= 0.6 is 0 Å². The van der Waals surface area contributed by atoms with Crippen LogP contribution < -0.4 is 0 Å². The summed E-state index contributed by atoms with van der Waals surface area (Å²) >= 11 is 0. The molecular weight excluding hydrogens is 120 g/mol. The molecule has 1 atom stereocenters. The maximum Gasteiger partial charge on any atom is -0.00545 e. The minimum absolute atomic E-state index is 0.616. The third-order valence-electron chi connectivity index (χ3n) is 1.83. The summed E-state index contributed by atoms with van der Waals surface area (Å²) in [6, 6.07) is 0. The summed E-state index contributed by atoms with van der Waals surface area (Å²) in [5.74, 6) is 0.616. The molecule has 10 heavy (non-hydrogen) atoms. The molecule has 0 saturated carbocycles. The molecule has 1 unspecified atom stereocenters. The number of hydrogen-bond acceptors (Lipinski definition) is 0. The zero-order valence-corrected chi connectivity index (χ0v) is 7.52. The van der Waals surface area contributed by atoms with Gasteiger partial charge in [0, 0.05) is 0 Å². The van der Waals surface area contributed by atoms with Crippen LogP contribution in [0.1, 0.15) is 34.1 Å². The summed E-state index contributed by atoms with van der Waals surface area (Å²) in [5.41, 5.74) is 1.45. The van der Waals surface area contributed by atoms with E-state index in [4.69, 9.17) is 0 Å². The van der Waals surface area contributed by atoms with Crippen molar-refractivity contribution in [1.82, 2.24) is 0 Å². The lowest BCUT2D eigenvalue weighted by Crippen LogP contribution is -1.89. The van der Waals surface area contributed by atoms with Crippen LogP contribution in [0, 0.1) is 5.92 Å². The monoisotopic (exact) mass is 138 g/mol. The van der Waals surface area contributed by atoms with E-state index in [1.807, 2.05) is 0 Å². The van der Waals surface area contributed by atoms with Crippen LogP contribution in [0.4, 0.5) is 0 Å². The van der Waals surface area contributed by atoms with Crippen molar-refractivity contribution in [2.45, 2.75) is 34.1 Å². The van der Waals surface area contributed by atoms with Gasteiger partial charge in [0.05, 0.1) is 0 Å². The van der Waals surface area contributed by atoms with Gasteiger partial charge in [0.1, 0.15) is 0 Å². The van der Waals surface area contributed by atoms with Crippen molar-refractivity contribution >= 4 is 0 Å². The molecule has 0 aliphatic carbocycles. The highest BCUT2D eigenvalue weighted by molar-refractivity contribution is 5.08. The van der Waals surface area contributed by atoms with Crippen LogP contribution in [0.2, 0.25) is 0 Å². The predicted octanol–water partition coefficient (Wildman–Crippen LogP) is 3.55. The van der Waals surface area contributed by atoms with Gasteiger partial charge in [-0.15, -0.1) is 0 Å². The molecule has 0 bridgehead atoms. The second-order valence-electron chi connectivity index (χ2n) is 2.66. The Hall–Kier alpha value is -0.520. The van der Waals surface area contributed by atoms with E-state index >= 15 is 0 Å². The van der Waals surface area contributed by atoms with Gasteiger partial charge in [-0.05, 0) is 26.2 Å².